The zero-order valence-corrected chi connectivity index (χ0v) is 21.1. The summed E-state index contributed by atoms with van der Waals surface area (Å²) < 4.78 is 0. The van der Waals surface area contributed by atoms with Gasteiger partial charge in [0.05, 0.1) is 16.9 Å². The molecule has 0 radical (unpaired) electrons. The molecule has 5 rings (SSSR count). The normalized spacial score (nSPS) is 18.8. The molecule has 1 unspecified atom stereocenters. The molecule has 2 aromatic rings. The van der Waals surface area contributed by atoms with Crippen LogP contribution < -0.4 is 21.7 Å². The van der Waals surface area contributed by atoms with E-state index in [4.69, 9.17) is 5.73 Å². The molecular weight excluding hydrogens is 474 g/mol. The first kappa shape index (κ1) is 25.0. The molecule has 1 fully saturated rings. The van der Waals surface area contributed by atoms with Crippen LogP contribution >= 0.6 is 0 Å². The number of carbonyl (C=O) groups excluding carboxylic acids is 2. The Balaban J connectivity index is 1.12. The molecule has 0 saturated heterocycles. The summed E-state index contributed by atoms with van der Waals surface area (Å²) in [6.45, 7) is 0.954. The molecule has 3 aliphatic carbocycles. The number of hydrogen-bond acceptors (Lipinski definition) is 5. The van der Waals surface area contributed by atoms with Crippen LogP contribution in [0, 0.1) is 5.92 Å². The minimum absolute atomic E-state index is 0.0991. The van der Waals surface area contributed by atoms with Gasteiger partial charge in [-0.1, -0.05) is 54.7 Å². The van der Waals surface area contributed by atoms with E-state index >= 15 is 0 Å². The van der Waals surface area contributed by atoms with Gasteiger partial charge in [-0.3, -0.25) is 9.59 Å². The van der Waals surface area contributed by atoms with Gasteiger partial charge in [-0.2, -0.15) is 0 Å². The summed E-state index contributed by atoms with van der Waals surface area (Å²) in [7, 11) is 0. The molecule has 2 amide bonds. The molecule has 1 aromatic heterocycles. The van der Waals surface area contributed by atoms with E-state index in [1.54, 1.807) is 30.3 Å². The maximum absolute atomic E-state index is 12.7. The summed E-state index contributed by atoms with van der Waals surface area (Å²) in [5.74, 6) is 0.548. The van der Waals surface area contributed by atoms with Crippen molar-refractivity contribution in [2.45, 2.75) is 19.3 Å². The van der Waals surface area contributed by atoms with Gasteiger partial charge in [0.15, 0.2) is 0 Å². The highest BCUT2D eigenvalue weighted by molar-refractivity contribution is 6.05. The predicted molar refractivity (Wildman–Crippen MR) is 152 cm³/mol. The number of nitrogens with zero attached hydrogens (tertiary/aromatic N) is 1. The number of nitrogens with one attached hydrogen (secondary N) is 3. The molecule has 0 spiro atoms. The number of carbonyl (C=O) groups is 2. The molecule has 7 heteroatoms. The smallest absolute Gasteiger partial charge is 0.257 e. The Morgan fingerprint density at radius 3 is 2.74 bits per heavy atom. The number of hydrogen-bond donors (Lipinski definition) is 4. The number of amides is 2. The molecule has 7 nitrogen and oxygen atoms in total. The van der Waals surface area contributed by atoms with E-state index in [0.717, 1.165) is 24.8 Å². The van der Waals surface area contributed by atoms with Crippen LogP contribution in [0.3, 0.4) is 0 Å². The van der Waals surface area contributed by atoms with Crippen molar-refractivity contribution in [1.82, 2.24) is 10.3 Å². The van der Waals surface area contributed by atoms with Crippen LogP contribution in [0.2, 0.25) is 0 Å². The fourth-order valence-corrected chi connectivity index (χ4v) is 4.90. The lowest BCUT2D eigenvalue weighted by atomic mass is 9.79. The van der Waals surface area contributed by atoms with E-state index in [1.807, 2.05) is 12.1 Å². The molecule has 192 valence electrons. The topological polar surface area (TPSA) is 109 Å². The third kappa shape index (κ3) is 5.83. The Morgan fingerprint density at radius 2 is 1.89 bits per heavy atom. The van der Waals surface area contributed by atoms with Crippen molar-refractivity contribution < 1.29 is 9.59 Å². The number of nitrogen functional groups attached to an aromatic ring is 1. The maximum atomic E-state index is 12.7. The van der Waals surface area contributed by atoms with Crippen molar-refractivity contribution in [3.05, 3.63) is 119 Å². The van der Waals surface area contributed by atoms with Crippen LogP contribution in [-0.2, 0) is 4.79 Å². The van der Waals surface area contributed by atoms with Gasteiger partial charge in [-0.25, -0.2) is 4.98 Å². The van der Waals surface area contributed by atoms with Crippen LogP contribution in [0.5, 0.6) is 0 Å². The zero-order valence-electron chi connectivity index (χ0n) is 21.1. The first-order chi connectivity index (χ1) is 18.6. The maximum Gasteiger partial charge on any atom is 0.257 e. The van der Waals surface area contributed by atoms with Gasteiger partial charge in [-0.05, 0) is 65.8 Å². The number of benzene rings is 1. The number of anilines is 3. The fourth-order valence-electron chi connectivity index (χ4n) is 4.90. The highest BCUT2D eigenvalue weighted by Gasteiger charge is 2.24. The molecule has 1 saturated carbocycles. The molecule has 1 heterocycles. The second-order valence-electron chi connectivity index (χ2n) is 9.38. The van der Waals surface area contributed by atoms with Crippen LogP contribution in [0.25, 0.3) is 0 Å². The second kappa shape index (κ2) is 11.6. The Labute approximate surface area is 222 Å². The van der Waals surface area contributed by atoms with Gasteiger partial charge in [-0.15, -0.1) is 0 Å². The van der Waals surface area contributed by atoms with Gasteiger partial charge in [0.25, 0.3) is 5.91 Å². The third-order valence-corrected chi connectivity index (χ3v) is 6.81. The van der Waals surface area contributed by atoms with Gasteiger partial charge < -0.3 is 21.7 Å². The average molecular weight is 506 g/mol. The van der Waals surface area contributed by atoms with Crippen LogP contribution in [0.15, 0.2) is 113 Å². The lowest BCUT2D eigenvalue weighted by Gasteiger charge is -2.25. The molecule has 38 heavy (non-hydrogen) atoms. The lowest BCUT2D eigenvalue weighted by Crippen LogP contribution is -2.28. The number of fused-ring (bicyclic) bond motifs is 2. The largest absolute Gasteiger partial charge is 0.397 e. The standard InChI is InChI=1S/C31H31N5O2/c32-27-13-3-4-14-28(27)36-31(38)23-15-16-29(35-20-23)33-17-18-34-30(37)19-22-9-6-12-26-24-10-2-1-7-21(24)8-5-11-25(22)26/h1-5,7-8,10-11,13-16,19-21H,6,9,12,17-18,32H2,(H,33,35)(H,34,37)(H,36,38). The van der Waals surface area contributed by atoms with Crippen molar-refractivity contribution in [3.63, 3.8) is 0 Å². The van der Waals surface area contributed by atoms with Gasteiger partial charge >= 0.3 is 0 Å². The quantitative estimate of drug-likeness (QED) is 0.238. The highest BCUT2D eigenvalue weighted by Crippen LogP contribution is 2.40. The van der Waals surface area contributed by atoms with E-state index in [-0.39, 0.29) is 11.8 Å². The Bertz CT molecular complexity index is 1410. The fraction of sp³-hybridized carbons (Fsp3) is 0.194. The number of aromatic nitrogens is 1. The summed E-state index contributed by atoms with van der Waals surface area (Å²) in [5, 5.41) is 8.92. The molecule has 0 aliphatic heterocycles. The first-order valence-corrected chi connectivity index (χ1v) is 12.9. The van der Waals surface area contributed by atoms with Crippen molar-refractivity contribution in [1.29, 1.82) is 0 Å². The van der Waals surface area contributed by atoms with Gasteiger partial charge in [0, 0.05) is 31.3 Å². The van der Waals surface area contributed by atoms with Crippen LogP contribution in [0.4, 0.5) is 17.2 Å². The van der Waals surface area contributed by atoms with E-state index in [2.05, 4.69) is 63.5 Å². The molecule has 1 atom stereocenters. The number of rotatable bonds is 7. The van der Waals surface area contributed by atoms with Gasteiger partial charge in [0.2, 0.25) is 5.91 Å². The van der Waals surface area contributed by atoms with E-state index < -0.39 is 0 Å². The first-order valence-electron chi connectivity index (χ1n) is 12.9. The zero-order chi connectivity index (χ0) is 26.3. The summed E-state index contributed by atoms with van der Waals surface area (Å²) in [6, 6.07) is 10.5. The second-order valence-corrected chi connectivity index (χ2v) is 9.38. The Kier molecular flexibility index (Phi) is 7.64. The van der Waals surface area contributed by atoms with Crippen LogP contribution in [0.1, 0.15) is 29.6 Å². The monoisotopic (exact) mass is 505 g/mol. The molecule has 1 aromatic carbocycles. The highest BCUT2D eigenvalue weighted by atomic mass is 16.2. The van der Waals surface area contributed by atoms with Gasteiger partial charge in [0.1, 0.15) is 5.82 Å². The van der Waals surface area contributed by atoms with Crippen molar-refractivity contribution in [2.24, 2.45) is 5.92 Å². The lowest BCUT2D eigenvalue weighted by molar-refractivity contribution is -0.116. The average Bonchev–Trinajstić information content (AvgIpc) is 3.13. The Morgan fingerprint density at radius 1 is 1.03 bits per heavy atom. The minimum Gasteiger partial charge on any atom is -0.397 e. The number of nitrogens with two attached hydrogens (primary N) is 1. The van der Waals surface area contributed by atoms with Crippen LogP contribution in [-0.4, -0.2) is 29.9 Å². The summed E-state index contributed by atoms with van der Waals surface area (Å²) in [6.07, 6.45) is 21.3. The summed E-state index contributed by atoms with van der Waals surface area (Å²) >= 11 is 0. The predicted octanol–water partition coefficient (Wildman–Crippen LogP) is 5.09. The van der Waals surface area contributed by atoms with E-state index in [0.29, 0.717) is 41.8 Å². The summed E-state index contributed by atoms with van der Waals surface area (Å²) in [5.41, 5.74) is 12.3. The SMILES string of the molecule is Nc1ccccc1NC(=O)c1ccc(NCCNC(=O)C=C2CCCC3=C4C=CC=CC4C=CC=C23)nc1. The number of para-hydroxylation sites is 2. The van der Waals surface area contributed by atoms with E-state index in [9.17, 15) is 9.59 Å². The third-order valence-electron chi connectivity index (χ3n) is 6.81. The molecule has 5 N–H and O–H groups in total. The molecule has 0 bridgehead atoms. The number of pyridine rings is 1. The van der Waals surface area contributed by atoms with Crippen molar-refractivity contribution in [2.75, 3.05) is 29.5 Å². The Hall–Kier alpha value is -4.65. The van der Waals surface area contributed by atoms with Crippen molar-refractivity contribution >= 4 is 29.0 Å². The minimum atomic E-state index is -0.283. The van der Waals surface area contributed by atoms with Crippen molar-refractivity contribution in [3.8, 4) is 0 Å². The number of allylic oxidation sites excluding steroid dienone is 11. The van der Waals surface area contributed by atoms with E-state index in [1.165, 1.54) is 22.9 Å². The molecular formula is C31H31N5O2. The summed E-state index contributed by atoms with van der Waals surface area (Å²) in [4.78, 5) is 29.4. The molecule has 3 aliphatic rings.